The number of hydrogen-bond acceptors (Lipinski definition) is 3. The smallest absolute Gasteiger partial charge is 0.0340 e. The van der Waals surface area contributed by atoms with Crippen LogP contribution in [0.3, 0.4) is 0 Å². The molecule has 0 unspecified atom stereocenters. The Hall–Kier alpha value is -1.06. The molecule has 3 heteroatoms. The third-order valence-electron chi connectivity index (χ3n) is 3.62. The van der Waals surface area contributed by atoms with Gasteiger partial charge in [0, 0.05) is 31.9 Å². The Kier molecular flexibility index (Phi) is 5.02. The molecule has 1 aliphatic heterocycles. The van der Waals surface area contributed by atoms with Gasteiger partial charge in [-0.05, 0) is 45.6 Å². The van der Waals surface area contributed by atoms with Crippen LogP contribution < -0.4 is 5.32 Å². The van der Waals surface area contributed by atoms with E-state index in [1.807, 2.05) is 0 Å². The monoisotopic (exact) mass is 247 g/mol. The van der Waals surface area contributed by atoms with Crippen molar-refractivity contribution in [1.82, 2.24) is 9.80 Å². The second-order valence-electron chi connectivity index (χ2n) is 5.29. The molecule has 0 atom stereocenters. The van der Waals surface area contributed by atoms with E-state index in [0.717, 1.165) is 13.1 Å². The van der Waals surface area contributed by atoms with Crippen molar-refractivity contribution in [3.8, 4) is 0 Å². The summed E-state index contributed by atoms with van der Waals surface area (Å²) in [5.74, 6) is 0. The van der Waals surface area contributed by atoms with Crippen molar-refractivity contribution in [2.45, 2.75) is 13.3 Å². The molecule has 0 aromatic heterocycles. The summed E-state index contributed by atoms with van der Waals surface area (Å²) >= 11 is 0. The zero-order valence-corrected chi connectivity index (χ0v) is 11.7. The molecule has 3 nitrogen and oxygen atoms in total. The molecule has 1 fully saturated rings. The molecular weight excluding hydrogens is 222 g/mol. The van der Waals surface area contributed by atoms with Gasteiger partial charge in [0.1, 0.15) is 0 Å². The van der Waals surface area contributed by atoms with Crippen molar-refractivity contribution in [2.75, 3.05) is 51.6 Å². The molecule has 1 N–H and O–H groups in total. The van der Waals surface area contributed by atoms with Crippen molar-refractivity contribution in [3.05, 3.63) is 29.8 Å². The lowest BCUT2D eigenvalue weighted by molar-refractivity contribution is 0.285. The maximum Gasteiger partial charge on any atom is 0.0340 e. The zero-order chi connectivity index (χ0) is 12.8. The van der Waals surface area contributed by atoms with E-state index >= 15 is 0 Å². The van der Waals surface area contributed by atoms with Gasteiger partial charge in [0.05, 0.1) is 0 Å². The molecule has 1 aromatic carbocycles. The highest BCUT2D eigenvalue weighted by Gasteiger charge is 2.10. The van der Waals surface area contributed by atoms with E-state index in [9.17, 15) is 0 Å². The van der Waals surface area contributed by atoms with Crippen LogP contribution >= 0.6 is 0 Å². The van der Waals surface area contributed by atoms with E-state index in [4.69, 9.17) is 0 Å². The van der Waals surface area contributed by atoms with Crippen LogP contribution in [0, 0.1) is 6.92 Å². The lowest BCUT2D eigenvalue weighted by Gasteiger charge is -2.20. The van der Waals surface area contributed by atoms with Gasteiger partial charge in [-0.1, -0.05) is 17.7 Å². The molecule has 1 aromatic rings. The third kappa shape index (κ3) is 4.31. The lowest BCUT2D eigenvalue weighted by Crippen LogP contribution is -2.32. The summed E-state index contributed by atoms with van der Waals surface area (Å²) in [6, 6.07) is 8.63. The number of anilines is 1. The van der Waals surface area contributed by atoms with Crippen LogP contribution in [0.25, 0.3) is 0 Å². The highest BCUT2D eigenvalue weighted by molar-refractivity contribution is 5.44. The fourth-order valence-electron chi connectivity index (χ4n) is 2.35. The van der Waals surface area contributed by atoms with Crippen LogP contribution in [0.15, 0.2) is 24.3 Å². The number of likely N-dealkylation sites (N-methyl/N-ethyl adjacent to an activating group) is 1. The third-order valence-corrected chi connectivity index (χ3v) is 3.62. The molecule has 0 spiro atoms. The Balaban J connectivity index is 1.70. The second kappa shape index (κ2) is 6.76. The molecule has 1 saturated heterocycles. The summed E-state index contributed by atoms with van der Waals surface area (Å²) < 4.78 is 0. The number of rotatable bonds is 4. The topological polar surface area (TPSA) is 18.5 Å². The van der Waals surface area contributed by atoms with Gasteiger partial charge in [-0.2, -0.15) is 0 Å². The Morgan fingerprint density at radius 2 is 1.83 bits per heavy atom. The predicted octanol–water partition coefficient (Wildman–Crippen LogP) is 2.04. The Morgan fingerprint density at radius 3 is 2.61 bits per heavy atom. The number of benzene rings is 1. The second-order valence-corrected chi connectivity index (χ2v) is 5.29. The van der Waals surface area contributed by atoms with Gasteiger partial charge < -0.3 is 15.1 Å². The number of nitrogens with one attached hydrogen (secondary N) is 1. The number of hydrogen-bond donors (Lipinski definition) is 1. The molecule has 0 bridgehead atoms. The summed E-state index contributed by atoms with van der Waals surface area (Å²) in [4.78, 5) is 4.98. The van der Waals surface area contributed by atoms with Crippen molar-refractivity contribution >= 4 is 5.69 Å². The quantitative estimate of drug-likeness (QED) is 0.878. The molecule has 2 rings (SSSR count). The first kappa shape index (κ1) is 13.4. The van der Waals surface area contributed by atoms with E-state index in [1.54, 1.807) is 0 Å². The Morgan fingerprint density at radius 1 is 1.06 bits per heavy atom. The predicted molar refractivity (Wildman–Crippen MR) is 78.2 cm³/mol. The summed E-state index contributed by atoms with van der Waals surface area (Å²) in [5.41, 5.74) is 2.55. The van der Waals surface area contributed by atoms with Crippen molar-refractivity contribution < 1.29 is 0 Å². The molecule has 0 amide bonds. The van der Waals surface area contributed by atoms with Gasteiger partial charge in [0.2, 0.25) is 0 Å². The van der Waals surface area contributed by atoms with Gasteiger partial charge in [0.25, 0.3) is 0 Å². The van der Waals surface area contributed by atoms with Crippen LogP contribution in [-0.2, 0) is 0 Å². The normalized spacial score (nSPS) is 18.6. The fourth-order valence-corrected chi connectivity index (χ4v) is 2.35. The molecular formula is C15H25N3. The summed E-state index contributed by atoms with van der Waals surface area (Å²) in [6.07, 6.45) is 1.29. The Labute approximate surface area is 111 Å². The average Bonchev–Trinajstić information content (AvgIpc) is 2.57. The molecule has 100 valence electrons. The largest absolute Gasteiger partial charge is 0.384 e. The molecule has 0 radical (unpaired) electrons. The minimum Gasteiger partial charge on any atom is -0.384 e. The zero-order valence-electron chi connectivity index (χ0n) is 11.7. The standard InChI is InChI=1S/C15H25N3/c1-14-4-6-15(7-5-14)16-8-11-18-10-3-9-17(2)12-13-18/h4-7,16H,3,8-13H2,1-2H3. The van der Waals surface area contributed by atoms with Crippen molar-refractivity contribution in [3.63, 3.8) is 0 Å². The highest BCUT2D eigenvalue weighted by Crippen LogP contribution is 2.08. The molecule has 18 heavy (non-hydrogen) atoms. The number of nitrogens with zero attached hydrogens (tertiary/aromatic N) is 2. The van der Waals surface area contributed by atoms with Gasteiger partial charge in [0.15, 0.2) is 0 Å². The summed E-state index contributed by atoms with van der Waals surface area (Å²) in [6.45, 7) is 9.17. The Bertz CT molecular complexity index is 347. The first-order valence-corrected chi connectivity index (χ1v) is 6.95. The minimum absolute atomic E-state index is 1.03. The first-order chi connectivity index (χ1) is 8.74. The van der Waals surface area contributed by atoms with Gasteiger partial charge in [-0.15, -0.1) is 0 Å². The minimum atomic E-state index is 1.03. The molecule has 1 heterocycles. The van der Waals surface area contributed by atoms with Gasteiger partial charge in [-0.3, -0.25) is 0 Å². The highest BCUT2D eigenvalue weighted by atomic mass is 15.2. The molecule has 0 saturated carbocycles. The van der Waals surface area contributed by atoms with E-state index < -0.39 is 0 Å². The lowest BCUT2D eigenvalue weighted by atomic mass is 10.2. The fraction of sp³-hybridized carbons (Fsp3) is 0.600. The van der Waals surface area contributed by atoms with Crippen molar-refractivity contribution in [2.24, 2.45) is 0 Å². The van der Waals surface area contributed by atoms with E-state index in [2.05, 4.69) is 53.4 Å². The van der Waals surface area contributed by atoms with E-state index in [0.29, 0.717) is 0 Å². The molecule has 1 aliphatic rings. The van der Waals surface area contributed by atoms with Crippen molar-refractivity contribution in [1.29, 1.82) is 0 Å². The van der Waals surface area contributed by atoms with Crippen LogP contribution in [-0.4, -0.2) is 56.1 Å². The maximum atomic E-state index is 3.50. The molecule has 0 aliphatic carbocycles. The van der Waals surface area contributed by atoms with E-state index in [1.165, 1.54) is 43.9 Å². The van der Waals surface area contributed by atoms with Crippen LogP contribution in [0.4, 0.5) is 5.69 Å². The summed E-state index contributed by atoms with van der Waals surface area (Å²) in [5, 5.41) is 3.50. The van der Waals surface area contributed by atoms with Gasteiger partial charge >= 0.3 is 0 Å². The van der Waals surface area contributed by atoms with Crippen LogP contribution in [0.5, 0.6) is 0 Å². The van der Waals surface area contributed by atoms with Gasteiger partial charge in [-0.25, -0.2) is 0 Å². The SMILES string of the molecule is Cc1ccc(NCCN2CCCN(C)CC2)cc1. The van der Waals surface area contributed by atoms with Crippen LogP contribution in [0.2, 0.25) is 0 Å². The number of aryl methyl sites for hydroxylation is 1. The summed E-state index contributed by atoms with van der Waals surface area (Å²) in [7, 11) is 2.22. The average molecular weight is 247 g/mol. The van der Waals surface area contributed by atoms with Crippen LogP contribution in [0.1, 0.15) is 12.0 Å². The van der Waals surface area contributed by atoms with E-state index in [-0.39, 0.29) is 0 Å². The first-order valence-electron chi connectivity index (χ1n) is 6.95. The maximum absolute atomic E-state index is 3.50.